The van der Waals surface area contributed by atoms with E-state index < -0.39 is 23.2 Å². The third-order valence-corrected chi connectivity index (χ3v) is 1.82. The van der Waals surface area contributed by atoms with Gasteiger partial charge in [-0.3, -0.25) is 0 Å². The van der Waals surface area contributed by atoms with Gasteiger partial charge in [0.1, 0.15) is 11.1 Å². The summed E-state index contributed by atoms with van der Waals surface area (Å²) in [6, 6.07) is 0. The fraction of sp³-hybridized carbons (Fsp3) is 0.800. The monoisotopic (exact) mass is 268 g/mol. The van der Waals surface area contributed by atoms with Crippen LogP contribution in [0.5, 0.6) is 0 Å². The van der Waals surface area contributed by atoms with Crippen LogP contribution < -0.4 is 11.1 Å². The minimum absolute atomic E-state index is 0. The zero-order valence-corrected chi connectivity index (χ0v) is 11.6. The quantitative estimate of drug-likeness (QED) is 0.740. The predicted molar refractivity (Wildman–Crippen MR) is 66.1 cm³/mol. The Labute approximate surface area is 108 Å². The van der Waals surface area contributed by atoms with E-state index in [2.05, 4.69) is 10.1 Å². The van der Waals surface area contributed by atoms with Crippen molar-refractivity contribution >= 4 is 24.5 Å². The van der Waals surface area contributed by atoms with Gasteiger partial charge in [0.15, 0.2) is 0 Å². The highest BCUT2D eigenvalue weighted by Gasteiger charge is 2.36. The van der Waals surface area contributed by atoms with E-state index in [9.17, 15) is 9.59 Å². The molecule has 1 amide bonds. The van der Waals surface area contributed by atoms with Crippen LogP contribution in [0.15, 0.2) is 0 Å². The van der Waals surface area contributed by atoms with E-state index in [4.69, 9.17) is 10.5 Å². The highest BCUT2D eigenvalue weighted by Crippen LogP contribution is 2.10. The summed E-state index contributed by atoms with van der Waals surface area (Å²) < 4.78 is 9.56. The maximum atomic E-state index is 11.5. The van der Waals surface area contributed by atoms with Crippen molar-refractivity contribution in [2.24, 2.45) is 5.73 Å². The summed E-state index contributed by atoms with van der Waals surface area (Å²) in [5, 5.41) is 2.39. The number of nitrogens with two attached hydrogens (primary N) is 1. The summed E-state index contributed by atoms with van der Waals surface area (Å²) in [4.78, 5) is 22.9. The number of esters is 1. The molecule has 0 bridgehead atoms. The average Bonchev–Trinajstić information content (AvgIpc) is 2.13. The Morgan fingerprint density at radius 2 is 1.71 bits per heavy atom. The van der Waals surface area contributed by atoms with Crippen LogP contribution in [0.25, 0.3) is 0 Å². The second-order valence-corrected chi connectivity index (χ2v) is 4.65. The minimum Gasteiger partial charge on any atom is -0.467 e. The smallest absolute Gasteiger partial charge is 0.408 e. The summed E-state index contributed by atoms with van der Waals surface area (Å²) in [5.41, 5.74) is 3.53. The van der Waals surface area contributed by atoms with Gasteiger partial charge in [0.25, 0.3) is 0 Å². The Bertz CT molecular complexity index is 278. The maximum Gasteiger partial charge on any atom is 0.408 e. The molecule has 6 nitrogen and oxygen atoms in total. The van der Waals surface area contributed by atoms with Crippen LogP contribution in [0, 0.1) is 0 Å². The number of carbonyl (C=O) groups excluding carboxylic acids is 2. The second-order valence-electron chi connectivity index (χ2n) is 4.65. The van der Waals surface area contributed by atoms with Crippen LogP contribution >= 0.6 is 12.4 Å². The molecular formula is C10H21ClN2O4. The standard InChI is InChI=1S/C10H20N2O4.ClH/c1-9(2,3)16-8(14)12-10(4,6-11)7(13)15-5;/h6,11H2,1-5H3,(H,12,14);1H. The Hall–Kier alpha value is -1.01. The SMILES string of the molecule is COC(=O)C(C)(CN)NC(=O)OC(C)(C)C.Cl. The van der Waals surface area contributed by atoms with Crippen molar-refractivity contribution in [3.8, 4) is 0 Å². The van der Waals surface area contributed by atoms with Gasteiger partial charge in [0, 0.05) is 6.54 Å². The van der Waals surface area contributed by atoms with Gasteiger partial charge in [-0.1, -0.05) is 0 Å². The Morgan fingerprint density at radius 1 is 1.24 bits per heavy atom. The Balaban J connectivity index is 0. The second kappa shape index (κ2) is 6.66. The highest BCUT2D eigenvalue weighted by molar-refractivity contribution is 5.86. The summed E-state index contributed by atoms with van der Waals surface area (Å²) in [6.07, 6.45) is -0.703. The average molecular weight is 269 g/mol. The highest BCUT2D eigenvalue weighted by atomic mass is 35.5. The Kier molecular flexibility index (Phi) is 7.19. The van der Waals surface area contributed by atoms with Gasteiger partial charge in [-0.2, -0.15) is 0 Å². The van der Waals surface area contributed by atoms with Gasteiger partial charge in [0.2, 0.25) is 0 Å². The van der Waals surface area contributed by atoms with Gasteiger partial charge in [0.05, 0.1) is 7.11 Å². The zero-order valence-electron chi connectivity index (χ0n) is 10.8. The van der Waals surface area contributed by atoms with Crippen molar-refractivity contribution < 1.29 is 19.1 Å². The number of hydrogen-bond acceptors (Lipinski definition) is 5. The van der Waals surface area contributed by atoms with Crippen LogP contribution in [0.2, 0.25) is 0 Å². The lowest BCUT2D eigenvalue weighted by Gasteiger charge is -2.28. The van der Waals surface area contributed by atoms with Gasteiger partial charge in [-0.05, 0) is 27.7 Å². The molecule has 7 heteroatoms. The predicted octanol–water partition coefficient (Wildman–Crippen LogP) is 0.823. The molecular weight excluding hydrogens is 248 g/mol. The largest absolute Gasteiger partial charge is 0.467 e. The van der Waals surface area contributed by atoms with Crippen LogP contribution in [-0.2, 0) is 14.3 Å². The number of hydrogen-bond donors (Lipinski definition) is 2. The van der Waals surface area contributed by atoms with Crippen molar-refractivity contribution in [3.05, 3.63) is 0 Å². The van der Waals surface area contributed by atoms with E-state index in [1.54, 1.807) is 20.8 Å². The summed E-state index contributed by atoms with van der Waals surface area (Å²) in [6.45, 7) is 6.58. The number of methoxy groups -OCH3 is 1. The molecule has 0 aliphatic rings. The molecule has 0 rings (SSSR count). The molecule has 0 saturated carbocycles. The molecule has 0 aromatic heterocycles. The third-order valence-electron chi connectivity index (χ3n) is 1.82. The van der Waals surface area contributed by atoms with E-state index in [0.717, 1.165) is 0 Å². The van der Waals surface area contributed by atoms with Crippen molar-refractivity contribution in [1.29, 1.82) is 0 Å². The van der Waals surface area contributed by atoms with Crippen LogP contribution in [-0.4, -0.2) is 36.9 Å². The molecule has 1 atom stereocenters. The van der Waals surface area contributed by atoms with Crippen LogP contribution in [0.3, 0.4) is 0 Å². The zero-order chi connectivity index (χ0) is 13.0. The maximum absolute atomic E-state index is 11.5. The number of alkyl carbamates (subject to hydrolysis) is 1. The molecule has 0 saturated heterocycles. The summed E-state index contributed by atoms with van der Waals surface area (Å²) >= 11 is 0. The Morgan fingerprint density at radius 3 is 2.00 bits per heavy atom. The van der Waals surface area contributed by atoms with E-state index in [1.165, 1.54) is 14.0 Å². The lowest BCUT2D eigenvalue weighted by molar-refractivity contribution is -0.147. The number of nitrogens with one attached hydrogen (secondary N) is 1. The van der Waals surface area contributed by atoms with E-state index in [0.29, 0.717) is 0 Å². The number of ether oxygens (including phenoxy) is 2. The number of halogens is 1. The molecule has 1 unspecified atom stereocenters. The molecule has 0 radical (unpaired) electrons. The first-order valence-corrected chi connectivity index (χ1v) is 4.94. The summed E-state index contributed by atoms with van der Waals surface area (Å²) in [5.74, 6) is -0.610. The minimum atomic E-state index is -1.27. The topological polar surface area (TPSA) is 90.6 Å². The van der Waals surface area contributed by atoms with E-state index in [1.807, 2.05) is 0 Å². The number of amides is 1. The van der Waals surface area contributed by atoms with Crippen molar-refractivity contribution in [2.75, 3.05) is 13.7 Å². The number of carbonyl (C=O) groups is 2. The molecule has 0 spiro atoms. The molecule has 0 aliphatic carbocycles. The molecule has 102 valence electrons. The van der Waals surface area contributed by atoms with E-state index in [-0.39, 0.29) is 19.0 Å². The first-order chi connectivity index (χ1) is 7.14. The molecule has 17 heavy (non-hydrogen) atoms. The van der Waals surface area contributed by atoms with Crippen LogP contribution in [0.1, 0.15) is 27.7 Å². The van der Waals surface area contributed by atoms with Gasteiger partial charge < -0.3 is 20.5 Å². The first kappa shape index (κ1) is 18.4. The first-order valence-electron chi connectivity index (χ1n) is 4.94. The lowest BCUT2D eigenvalue weighted by Crippen LogP contribution is -2.58. The van der Waals surface area contributed by atoms with Gasteiger partial charge in [-0.15, -0.1) is 12.4 Å². The molecule has 0 fully saturated rings. The van der Waals surface area contributed by atoms with Crippen molar-refractivity contribution in [3.63, 3.8) is 0 Å². The fourth-order valence-corrected chi connectivity index (χ4v) is 0.940. The number of rotatable bonds is 3. The molecule has 0 aromatic carbocycles. The summed E-state index contributed by atoms with van der Waals surface area (Å²) in [7, 11) is 1.23. The molecule has 0 heterocycles. The molecule has 0 aromatic rings. The van der Waals surface area contributed by atoms with Gasteiger partial charge >= 0.3 is 12.1 Å². The lowest BCUT2D eigenvalue weighted by atomic mass is 10.0. The normalized spacial score (nSPS) is 14.0. The molecule has 0 aliphatic heterocycles. The van der Waals surface area contributed by atoms with Crippen molar-refractivity contribution in [2.45, 2.75) is 38.8 Å². The fourth-order valence-electron chi connectivity index (χ4n) is 0.940. The molecule has 3 N–H and O–H groups in total. The van der Waals surface area contributed by atoms with Crippen LogP contribution in [0.4, 0.5) is 4.79 Å². The van der Waals surface area contributed by atoms with Gasteiger partial charge in [-0.25, -0.2) is 9.59 Å². The van der Waals surface area contributed by atoms with Crippen molar-refractivity contribution in [1.82, 2.24) is 5.32 Å². The third kappa shape index (κ3) is 6.33. The van der Waals surface area contributed by atoms with E-state index >= 15 is 0 Å².